The van der Waals surface area contributed by atoms with E-state index < -0.39 is 11.8 Å². The van der Waals surface area contributed by atoms with Gasteiger partial charge in [-0.05, 0) is 36.8 Å². The van der Waals surface area contributed by atoms with Gasteiger partial charge in [0.25, 0.3) is 5.91 Å². The molecule has 2 aromatic rings. The van der Waals surface area contributed by atoms with Crippen LogP contribution < -0.4 is 20.9 Å². The molecular weight excluding hydrogens is 438 g/mol. The highest BCUT2D eigenvalue weighted by atomic mass is 79.9. The molecule has 0 aliphatic rings. The van der Waals surface area contributed by atoms with Crippen LogP contribution in [0.1, 0.15) is 43.0 Å². The molecule has 0 radical (unpaired) electrons. The second-order valence-electron chi connectivity index (χ2n) is 6.26. The minimum absolute atomic E-state index is 0.00113. The van der Waals surface area contributed by atoms with Gasteiger partial charge in [0.2, 0.25) is 11.8 Å². The number of nitrogens with one attached hydrogen (secondary N) is 3. The van der Waals surface area contributed by atoms with Crippen LogP contribution in [0.2, 0.25) is 0 Å². The second kappa shape index (κ2) is 11.9. The van der Waals surface area contributed by atoms with Crippen molar-refractivity contribution < 1.29 is 19.1 Å². The van der Waals surface area contributed by atoms with Gasteiger partial charge in [-0.25, -0.2) is 0 Å². The number of halogens is 1. The summed E-state index contributed by atoms with van der Waals surface area (Å²) in [5, 5.41) is 2.70. The Hall–Kier alpha value is -2.87. The molecule has 0 saturated heterocycles. The van der Waals surface area contributed by atoms with Crippen LogP contribution in [0, 0.1) is 0 Å². The molecule has 154 valence electrons. The quantitative estimate of drug-likeness (QED) is 0.390. The largest absolute Gasteiger partial charge is 0.493 e. The molecule has 0 saturated carbocycles. The second-order valence-corrected chi connectivity index (χ2v) is 7.17. The van der Waals surface area contributed by atoms with Gasteiger partial charge in [0.05, 0.1) is 12.2 Å². The predicted octanol–water partition coefficient (Wildman–Crippen LogP) is 3.81. The van der Waals surface area contributed by atoms with Crippen LogP contribution in [-0.4, -0.2) is 24.3 Å². The van der Waals surface area contributed by atoms with Crippen LogP contribution in [0.15, 0.2) is 53.0 Å². The van der Waals surface area contributed by atoms with Gasteiger partial charge in [-0.1, -0.05) is 47.5 Å². The molecule has 0 aliphatic heterocycles. The fraction of sp³-hybridized carbons (Fsp3) is 0.286. The Kier molecular flexibility index (Phi) is 9.17. The number of carbonyl (C=O) groups is 3. The third kappa shape index (κ3) is 7.95. The molecule has 0 aliphatic carbocycles. The molecule has 7 nitrogen and oxygen atoms in total. The number of hydrogen-bond donors (Lipinski definition) is 3. The summed E-state index contributed by atoms with van der Waals surface area (Å²) in [6.45, 7) is 2.55. The highest BCUT2D eigenvalue weighted by Crippen LogP contribution is 2.23. The van der Waals surface area contributed by atoms with E-state index in [4.69, 9.17) is 4.74 Å². The predicted molar refractivity (Wildman–Crippen MR) is 114 cm³/mol. The number of amides is 3. The van der Waals surface area contributed by atoms with E-state index in [1.807, 2.05) is 13.0 Å². The lowest BCUT2D eigenvalue weighted by molar-refractivity contribution is -0.124. The molecule has 0 aromatic heterocycles. The number of rotatable bonds is 9. The molecule has 0 atom stereocenters. The Labute approximate surface area is 178 Å². The first-order valence-electron chi connectivity index (χ1n) is 9.36. The van der Waals surface area contributed by atoms with E-state index in [0.29, 0.717) is 23.6 Å². The van der Waals surface area contributed by atoms with E-state index in [1.165, 1.54) is 0 Å². The molecule has 29 heavy (non-hydrogen) atoms. The number of carbonyl (C=O) groups excluding carboxylic acids is 3. The summed E-state index contributed by atoms with van der Waals surface area (Å²) in [4.78, 5) is 36.3. The fourth-order valence-corrected chi connectivity index (χ4v) is 2.72. The number of ether oxygens (including phenoxy) is 1. The van der Waals surface area contributed by atoms with Crippen molar-refractivity contribution >= 4 is 39.3 Å². The molecule has 0 fully saturated rings. The Bertz CT molecular complexity index is 843. The third-order valence-corrected chi connectivity index (χ3v) is 4.39. The normalized spacial score (nSPS) is 10.1. The van der Waals surface area contributed by atoms with Crippen LogP contribution in [0.5, 0.6) is 5.75 Å². The van der Waals surface area contributed by atoms with Crippen molar-refractivity contribution in [2.75, 3.05) is 11.9 Å². The number of unbranched alkanes of at least 4 members (excludes halogenated alkanes) is 1. The highest BCUT2D eigenvalue weighted by molar-refractivity contribution is 9.10. The van der Waals surface area contributed by atoms with Gasteiger partial charge in [0.1, 0.15) is 5.75 Å². The van der Waals surface area contributed by atoms with Gasteiger partial charge >= 0.3 is 0 Å². The van der Waals surface area contributed by atoms with Crippen LogP contribution in [0.3, 0.4) is 0 Å². The summed E-state index contributed by atoms with van der Waals surface area (Å²) >= 11 is 3.33. The molecule has 8 heteroatoms. The molecule has 0 spiro atoms. The lowest BCUT2D eigenvalue weighted by atomic mass is 10.2. The molecule has 0 heterocycles. The van der Waals surface area contributed by atoms with Crippen molar-refractivity contribution in [1.29, 1.82) is 0 Å². The monoisotopic (exact) mass is 461 g/mol. The van der Waals surface area contributed by atoms with Gasteiger partial charge in [0.15, 0.2) is 0 Å². The maximum Gasteiger partial charge on any atom is 0.273 e. The van der Waals surface area contributed by atoms with E-state index in [9.17, 15) is 14.4 Å². The molecule has 0 bridgehead atoms. The van der Waals surface area contributed by atoms with Crippen molar-refractivity contribution in [2.24, 2.45) is 0 Å². The number of para-hydroxylation sites is 1. The van der Waals surface area contributed by atoms with Gasteiger partial charge < -0.3 is 10.1 Å². The van der Waals surface area contributed by atoms with Crippen LogP contribution in [-0.2, 0) is 9.59 Å². The summed E-state index contributed by atoms with van der Waals surface area (Å²) in [5.41, 5.74) is 5.65. The van der Waals surface area contributed by atoms with Gasteiger partial charge in [-0.15, -0.1) is 0 Å². The summed E-state index contributed by atoms with van der Waals surface area (Å²) in [7, 11) is 0. The molecule has 0 unspecified atom stereocenters. The van der Waals surface area contributed by atoms with E-state index in [-0.39, 0.29) is 18.7 Å². The average Bonchev–Trinajstić information content (AvgIpc) is 2.72. The van der Waals surface area contributed by atoms with Crippen LogP contribution in [0.25, 0.3) is 0 Å². The Balaban J connectivity index is 1.81. The summed E-state index contributed by atoms with van der Waals surface area (Å²) in [5.74, 6) is -0.809. The summed E-state index contributed by atoms with van der Waals surface area (Å²) < 4.78 is 6.37. The van der Waals surface area contributed by atoms with Crippen molar-refractivity contribution in [3.05, 3.63) is 58.6 Å². The van der Waals surface area contributed by atoms with E-state index in [1.54, 1.807) is 42.5 Å². The van der Waals surface area contributed by atoms with Gasteiger partial charge in [-0.2, -0.15) is 0 Å². The average molecular weight is 462 g/mol. The van der Waals surface area contributed by atoms with E-state index in [2.05, 4.69) is 32.1 Å². The first-order valence-corrected chi connectivity index (χ1v) is 10.2. The fourth-order valence-electron chi connectivity index (χ4n) is 2.36. The smallest absolute Gasteiger partial charge is 0.273 e. The maximum absolute atomic E-state index is 12.4. The van der Waals surface area contributed by atoms with Crippen molar-refractivity contribution in [1.82, 2.24) is 10.9 Å². The number of benzene rings is 2. The number of anilines is 1. The van der Waals surface area contributed by atoms with Crippen molar-refractivity contribution in [3.63, 3.8) is 0 Å². The molecule has 2 aromatic carbocycles. The lowest BCUT2D eigenvalue weighted by Crippen LogP contribution is -2.42. The van der Waals surface area contributed by atoms with E-state index in [0.717, 1.165) is 17.3 Å². The van der Waals surface area contributed by atoms with Crippen LogP contribution >= 0.6 is 15.9 Å². The lowest BCUT2D eigenvalue weighted by Gasteiger charge is -2.12. The zero-order valence-corrected chi connectivity index (χ0v) is 17.8. The zero-order valence-electron chi connectivity index (χ0n) is 16.2. The minimum atomic E-state index is -0.500. The van der Waals surface area contributed by atoms with Crippen LogP contribution in [0.4, 0.5) is 5.69 Å². The molecule has 3 N–H and O–H groups in total. The first-order chi connectivity index (χ1) is 14.0. The van der Waals surface area contributed by atoms with Gasteiger partial charge in [0, 0.05) is 23.0 Å². The first kappa shape index (κ1) is 22.4. The Morgan fingerprint density at radius 2 is 1.69 bits per heavy atom. The standard InChI is InChI=1S/C21H24BrN3O4/c1-2-3-13-29-18-10-9-15(22)14-17(18)21(28)25-24-20(27)12-11-19(26)23-16-7-5-4-6-8-16/h4-10,14H,2-3,11-13H2,1H3,(H,23,26)(H,24,27)(H,25,28). The number of hydrazine groups is 1. The maximum atomic E-state index is 12.4. The number of hydrogen-bond acceptors (Lipinski definition) is 4. The zero-order chi connectivity index (χ0) is 21.1. The van der Waals surface area contributed by atoms with Crippen molar-refractivity contribution in [2.45, 2.75) is 32.6 Å². The molecular formula is C21H24BrN3O4. The minimum Gasteiger partial charge on any atom is -0.493 e. The SMILES string of the molecule is CCCCOc1ccc(Br)cc1C(=O)NNC(=O)CCC(=O)Nc1ccccc1. The Morgan fingerprint density at radius 1 is 0.966 bits per heavy atom. The van der Waals surface area contributed by atoms with Gasteiger partial charge in [-0.3, -0.25) is 25.2 Å². The highest BCUT2D eigenvalue weighted by Gasteiger charge is 2.15. The van der Waals surface area contributed by atoms with Crippen molar-refractivity contribution in [3.8, 4) is 5.75 Å². The third-order valence-electron chi connectivity index (χ3n) is 3.89. The molecule has 2 rings (SSSR count). The topological polar surface area (TPSA) is 96.5 Å². The Morgan fingerprint density at radius 3 is 2.41 bits per heavy atom. The summed E-state index contributed by atoms with van der Waals surface area (Å²) in [6.07, 6.45) is 1.79. The van der Waals surface area contributed by atoms with E-state index >= 15 is 0 Å². The molecule has 3 amide bonds. The summed E-state index contributed by atoms with van der Waals surface area (Å²) in [6, 6.07) is 14.1.